The lowest BCUT2D eigenvalue weighted by atomic mass is 9.92. The number of piperidine rings is 1. The van der Waals surface area contributed by atoms with Gasteiger partial charge in [-0.2, -0.15) is 0 Å². The lowest BCUT2D eigenvalue weighted by Crippen LogP contribution is -2.58. The second-order valence-corrected chi connectivity index (χ2v) is 5.63. The molecule has 7 nitrogen and oxygen atoms in total. The molecule has 1 N–H and O–H groups in total. The highest BCUT2D eigenvalue weighted by molar-refractivity contribution is 5.76. The minimum atomic E-state index is -0.402. The molecule has 22 heavy (non-hydrogen) atoms. The van der Waals surface area contributed by atoms with Crippen LogP contribution in [0.5, 0.6) is 0 Å². The molecule has 1 aliphatic rings. The Morgan fingerprint density at radius 1 is 1.36 bits per heavy atom. The summed E-state index contributed by atoms with van der Waals surface area (Å²) in [4.78, 5) is 27.3. The van der Waals surface area contributed by atoms with Gasteiger partial charge in [0.05, 0.1) is 12.5 Å². The maximum atomic E-state index is 12.6. The molecule has 1 saturated heterocycles. The zero-order valence-corrected chi connectivity index (χ0v) is 13.1. The first-order valence-corrected chi connectivity index (χ1v) is 7.92. The number of hydrogen-bond donors (Lipinski definition) is 1. The van der Waals surface area contributed by atoms with Gasteiger partial charge in [-0.05, 0) is 32.6 Å². The predicted molar refractivity (Wildman–Crippen MR) is 83.2 cm³/mol. The van der Waals surface area contributed by atoms with Crippen molar-refractivity contribution in [2.24, 2.45) is 0 Å². The van der Waals surface area contributed by atoms with Crippen molar-refractivity contribution in [1.82, 2.24) is 29.7 Å². The molecule has 1 aliphatic heterocycles. The predicted octanol–water partition coefficient (Wildman–Crippen LogP) is 2.10. The van der Waals surface area contributed by atoms with Gasteiger partial charge in [0, 0.05) is 13.1 Å². The fraction of sp³-hybridized carbons (Fsp3) is 0.600. The largest absolute Gasteiger partial charge is 0.338 e. The molecule has 7 heteroatoms. The highest BCUT2D eigenvalue weighted by Crippen LogP contribution is 2.37. The highest BCUT2D eigenvalue weighted by atomic mass is 16.2. The van der Waals surface area contributed by atoms with Gasteiger partial charge in [0.2, 0.25) is 0 Å². The molecule has 3 heterocycles. The van der Waals surface area contributed by atoms with Crippen LogP contribution in [-0.4, -0.2) is 43.5 Å². The summed E-state index contributed by atoms with van der Waals surface area (Å²) >= 11 is 0. The Labute approximate surface area is 129 Å². The molecule has 118 valence electrons. The summed E-state index contributed by atoms with van der Waals surface area (Å²) in [5.41, 5.74) is 1.14. The molecule has 0 radical (unpaired) electrons. The third-order valence-electron chi connectivity index (χ3n) is 4.51. The van der Waals surface area contributed by atoms with Crippen molar-refractivity contribution in [3.8, 4) is 0 Å². The Balaban J connectivity index is 2.10. The first kappa shape index (κ1) is 14.7. The van der Waals surface area contributed by atoms with E-state index >= 15 is 0 Å². The first-order valence-electron chi connectivity index (χ1n) is 7.92. The van der Waals surface area contributed by atoms with Crippen LogP contribution in [0, 0.1) is 0 Å². The molecule has 0 saturated carbocycles. The van der Waals surface area contributed by atoms with Crippen LogP contribution in [0.2, 0.25) is 0 Å². The van der Waals surface area contributed by atoms with Gasteiger partial charge in [0.25, 0.3) is 0 Å². The molecule has 2 aromatic heterocycles. The lowest BCUT2D eigenvalue weighted by molar-refractivity contribution is 0.0141. The van der Waals surface area contributed by atoms with E-state index < -0.39 is 5.66 Å². The fourth-order valence-electron chi connectivity index (χ4n) is 3.42. The lowest BCUT2D eigenvalue weighted by Gasteiger charge is -2.47. The number of hydrogen-bond acceptors (Lipinski definition) is 4. The number of aromatic nitrogens is 4. The third kappa shape index (κ3) is 2.20. The second-order valence-electron chi connectivity index (χ2n) is 5.63. The number of amides is 2. The van der Waals surface area contributed by atoms with Crippen LogP contribution in [0.1, 0.15) is 39.5 Å². The van der Waals surface area contributed by atoms with Gasteiger partial charge in [0.15, 0.2) is 5.65 Å². The van der Waals surface area contributed by atoms with E-state index in [0.717, 1.165) is 43.4 Å². The van der Waals surface area contributed by atoms with E-state index in [1.165, 1.54) is 6.33 Å². The average Bonchev–Trinajstić information content (AvgIpc) is 2.99. The Kier molecular flexibility index (Phi) is 3.96. The maximum absolute atomic E-state index is 12.6. The number of likely N-dealkylation sites (tertiary alicyclic amines) is 1. The van der Waals surface area contributed by atoms with Gasteiger partial charge in [-0.3, -0.25) is 4.57 Å². The zero-order valence-electron chi connectivity index (χ0n) is 13.1. The smallest absolute Gasteiger partial charge is 0.319 e. The van der Waals surface area contributed by atoms with E-state index in [1.54, 1.807) is 12.5 Å². The Morgan fingerprint density at radius 3 is 3.00 bits per heavy atom. The third-order valence-corrected chi connectivity index (χ3v) is 4.51. The number of fused-ring (bicyclic) bond motifs is 1. The first-order chi connectivity index (χ1) is 10.7. The van der Waals surface area contributed by atoms with Gasteiger partial charge >= 0.3 is 6.03 Å². The molecule has 1 fully saturated rings. The molecule has 2 amide bonds. The van der Waals surface area contributed by atoms with Crippen LogP contribution in [0.4, 0.5) is 4.79 Å². The van der Waals surface area contributed by atoms with Crippen molar-refractivity contribution in [2.45, 2.75) is 45.2 Å². The molecule has 0 spiro atoms. The van der Waals surface area contributed by atoms with Crippen molar-refractivity contribution in [2.75, 3.05) is 13.1 Å². The second kappa shape index (κ2) is 5.90. The van der Waals surface area contributed by atoms with E-state index in [2.05, 4.69) is 31.8 Å². The standard InChI is InChI=1S/C15H22N6O/c1-3-15(7-5-6-8-20(15)14(22)17-4-2)21-11-19-12-9-16-10-18-13(12)21/h9-11H,3-8H2,1-2H3,(H,17,22). The quantitative estimate of drug-likeness (QED) is 0.942. The normalized spacial score (nSPS) is 22.0. The fourth-order valence-corrected chi connectivity index (χ4v) is 3.42. The SMILES string of the molecule is CCNC(=O)N1CCCCC1(CC)n1cnc2cncnc21. The van der Waals surface area contributed by atoms with Crippen LogP contribution in [0.15, 0.2) is 18.9 Å². The number of carbonyl (C=O) groups is 1. The summed E-state index contributed by atoms with van der Waals surface area (Å²) in [5.74, 6) is 0. The van der Waals surface area contributed by atoms with Crippen LogP contribution in [-0.2, 0) is 5.66 Å². The molecule has 0 bridgehead atoms. The Morgan fingerprint density at radius 2 is 2.23 bits per heavy atom. The summed E-state index contributed by atoms with van der Waals surface area (Å²) < 4.78 is 2.05. The highest BCUT2D eigenvalue weighted by Gasteiger charge is 2.42. The zero-order chi connectivity index (χ0) is 15.6. The number of nitrogens with zero attached hydrogens (tertiary/aromatic N) is 5. The van der Waals surface area contributed by atoms with Crippen molar-refractivity contribution in [1.29, 1.82) is 0 Å². The number of rotatable bonds is 3. The van der Waals surface area contributed by atoms with Gasteiger partial charge in [-0.1, -0.05) is 6.92 Å². The monoisotopic (exact) mass is 302 g/mol. The van der Waals surface area contributed by atoms with Crippen LogP contribution >= 0.6 is 0 Å². The Bertz CT molecular complexity index is 669. The molecule has 2 aromatic rings. The Hall–Kier alpha value is -2.18. The van der Waals surface area contributed by atoms with Crippen LogP contribution in [0.25, 0.3) is 11.2 Å². The summed E-state index contributed by atoms with van der Waals surface area (Å²) in [6.45, 7) is 5.44. The number of imidazole rings is 1. The number of urea groups is 1. The van der Waals surface area contributed by atoms with Crippen LogP contribution < -0.4 is 5.32 Å². The molecule has 0 aliphatic carbocycles. The van der Waals surface area contributed by atoms with E-state index in [1.807, 2.05) is 11.8 Å². The van der Waals surface area contributed by atoms with E-state index in [4.69, 9.17) is 0 Å². The minimum absolute atomic E-state index is 0.0139. The average molecular weight is 302 g/mol. The summed E-state index contributed by atoms with van der Waals surface area (Å²) in [7, 11) is 0. The summed E-state index contributed by atoms with van der Waals surface area (Å²) in [6, 6.07) is -0.0139. The number of nitrogens with one attached hydrogen (secondary N) is 1. The van der Waals surface area contributed by atoms with Crippen molar-refractivity contribution >= 4 is 17.2 Å². The molecular formula is C15H22N6O. The van der Waals surface area contributed by atoms with Gasteiger partial charge < -0.3 is 10.2 Å². The van der Waals surface area contributed by atoms with Crippen molar-refractivity contribution < 1.29 is 4.79 Å². The van der Waals surface area contributed by atoms with Crippen molar-refractivity contribution in [3.05, 3.63) is 18.9 Å². The van der Waals surface area contributed by atoms with Gasteiger partial charge in [-0.25, -0.2) is 19.7 Å². The van der Waals surface area contributed by atoms with E-state index in [-0.39, 0.29) is 6.03 Å². The topological polar surface area (TPSA) is 75.9 Å². The molecule has 1 atom stereocenters. The molecular weight excluding hydrogens is 280 g/mol. The van der Waals surface area contributed by atoms with E-state index in [0.29, 0.717) is 6.54 Å². The van der Waals surface area contributed by atoms with Gasteiger partial charge in [0.1, 0.15) is 17.5 Å². The maximum Gasteiger partial charge on any atom is 0.319 e. The minimum Gasteiger partial charge on any atom is -0.338 e. The molecule has 3 rings (SSSR count). The molecule has 1 unspecified atom stereocenters. The summed E-state index contributed by atoms with van der Waals surface area (Å²) in [6.07, 6.45) is 8.88. The number of carbonyl (C=O) groups excluding carboxylic acids is 1. The van der Waals surface area contributed by atoms with Crippen molar-refractivity contribution in [3.63, 3.8) is 0 Å². The molecule has 0 aromatic carbocycles. The van der Waals surface area contributed by atoms with E-state index in [9.17, 15) is 4.79 Å². The summed E-state index contributed by atoms with van der Waals surface area (Å²) in [5, 5.41) is 2.93. The van der Waals surface area contributed by atoms with Crippen LogP contribution in [0.3, 0.4) is 0 Å². The van der Waals surface area contributed by atoms with Gasteiger partial charge in [-0.15, -0.1) is 0 Å².